The number of thiazole rings is 1. The molecular weight excluding hydrogens is 364 g/mol. The highest BCUT2D eigenvalue weighted by molar-refractivity contribution is 7.16. The van der Waals surface area contributed by atoms with E-state index in [1.807, 2.05) is 18.4 Å². The van der Waals surface area contributed by atoms with Crippen molar-refractivity contribution in [2.24, 2.45) is 4.99 Å². The van der Waals surface area contributed by atoms with Crippen LogP contribution in [0.25, 0.3) is 10.2 Å². The summed E-state index contributed by atoms with van der Waals surface area (Å²) in [4.78, 5) is 17.9. The molecule has 0 fully saturated rings. The molecule has 0 atom stereocenters. The third kappa shape index (κ3) is 4.10. The summed E-state index contributed by atoms with van der Waals surface area (Å²) in [5.41, 5.74) is 6.84. The van der Waals surface area contributed by atoms with Crippen LogP contribution < -0.4 is 4.80 Å². The predicted octanol–water partition coefficient (Wildman–Crippen LogP) is 5.05. The molecule has 0 spiro atoms. The van der Waals surface area contributed by atoms with Gasteiger partial charge in [-0.15, -0.1) is 6.42 Å². The molecule has 144 valence electrons. The molecule has 0 unspecified atom stereocenters. The molecule has 0 radical (unpaired) electrons. The number of amides is 1. The third-order valence-corrected chi connectivity index (χ3v) is 6.05. The van der Waals surface area contributed by atoms with Crippen LogP contribution in [-0.2, 0) is 17.8 Å². The molecule has 0 aliphatic heterocycles. The third-order valence-electron chi connectivity index (χ3n) is 5.01. The number of benzene rings is 2. The van der Waals surface area contributed by atoms with Gasteiger partial charge in [0.05, 0.1) is 23.2 Å². The van der Waals surface area contributed by atoms with Crippen LogP contribution >= 0.6 is 11.3 Å². The molecule has 3 rings (SSSR count). The summed E-state index contributed by atoms with van der Waals surface area (Å²) in [6.45, 7) is 10.9. The first kappa shape index (κ1) is 20.1. The van der Waals surface area contributed by atoms with Gasteiger partial charge < -0.3 is 4.57 Å². The first-order valence-corrected chi connectivity index (χ1v) is 10.3. The lowest BCUT2D eigenvalue weighted by Gasteiger charge is -2.09. The average Bonchev–Trinajstić information content (AvgIpc) is 2.95. The van der Waals surface area contributed by atoms with Gasteiger partial charge in [-0.05, 0) is 61.1 Å². The molecular formula is C24H26N2OS. The Hall–Kier alpha value is -2.64. The van der Waals surface area contributed by atoms with Crippen molar-refractivity contribution < 1.29 is 4.79 Å². The number of aromatic nitrogens is 1. The number of carbonyl (C=O) groups is 1. The largest absolute Gasteiger partial charge is 0.305 e. The van der Waals surface area contributed by atoms with Gasteiger partial charge >= 0.3 is 0 Å². The van der Waals surface area contributed by atoms with Crippen molar-refractivity contribution in [1.82, 2.24) is 4.57 Å². The zero-order valence-electron chi connectivity index (χ0n) is 17.2. The van der Waals surface area contributed by atoms with E-state index in [2.05, 4.69) is 62.0 Å². The summed E-state index contributed by atoms with van der Waals surface area (Å²) in [5.74, 6) is 2.99. The fourth-order valence-corrected chi connectivity index (χ4v) is 4.66. The van der Waals surface area contributed by atoms with Crippen LogP contribution in [0.3, 0.4) is 0 Å². The highest BCUT2D eigenvalue weighted by Crippen LogP contribution is 2.24. The SMILES string of the molecule is C#CCn1c(=NC(=O)Cc2c(C)cc(C)cc2C)sc2cc(C(C)C)ccc21. The van der Waals surface area contributed by atoms with Crippen LogP contribution in [0.15, 0.2) is 35.3 Å². The Kier molecular flexibility index (Phi) is 5.86. The molecule has 0 aliphatic carbocycles. The molecule has 0 bridgehead atoms. The molecule has 1 amide bonds. The van der Waals surface area contributed by atoms with E-state index in [0.717, 1.165) is 26.9 Å². The first-order valence-electron chi connectivity index (χ1n) is 9.51. The second-order valence-electron chi connectivity index (χ2n) is 7.62. The van der Waals surface area contributed by atoms with E-state index in [1.54, 1.807) is 0 Å². The standard InChI is InChI=1S/C24H26N2OS/c1-7-10-26-21-9-8-19(15(2)3)13-22(21)28-24(26)25-23(27)14-20-17(5)11-16(4)12-18(20)6/h1,8-9,11-13,15H,10,14H2,2-6H3. The molecule has 0 aliphatic rings. The summed E-state index contributed by atoms with van der Waals surface area (Å²) in [5, 5.41) is 0. The van der Waals surface area contributed by atoms with Gasteiger partial charge in [0.2, 0.25) is 0 Å². The number of aryl methyl sites for hydroxylation is 3. The molecule has 28 heavy (non-hydrogen) atoms. The Balaban J connectivity index is 2.04. The van der Waals surface area contributed by atoms with Gasteiger partial charge in [0.1, 0.15) is 0 Å². The van der Waals surface area contributed by atoms with Gasteiger partial charge in [0.25, 0.3) is 5.91 Å². The van der Waals surface area contributed by atoms with Crippen LogP contribution in [-0.4, -0.2) is 10.5 Å². The number of hydrogen-bond acceptors (Lipinski definition) is 2. The average molecular weight is 391 g/mol. The van der Waals surface area contributed by atoms with Crippen LogP contribution in [0.2, 0.25) is 0 Å². The van der Waals surface area contributed by atoms with Crippen molar-refractivity contribution in [3.63, 3.8) is 0 Å². The van der Waals surface area contributed by atoms with Crippen LogP contribution in [0.4, 0.5) is 0 Å². The van der Waals surface area contributed by atoms with Crippen molar-refractivity contribution >= 4 is 27.5 Å². The predicted molar refractivity (Wildman–Crippen MR) is 118 cm³/mol. The summed E-state index contributed by atoms with van der Waals surface area (Å²) in [6, 6.07) is 10.6. The number of terminal acetylenes is 1. The molecule has 4 heteroatoms. The van der Waals surface area contributed by atoms with Crippen molar-refractivity contribution in [1.29, 1.82) is 0 Å². The highest BCUT2D eigenvalue weighted by Gasteiger charge is 2.12. The fraction of sp³-hybridized carbons (Fsp3) is 0.333. The van der Waals surface area contributed by atoms with Gasteiger partial charge in [-0.25, -0.2) is 0 Å². The molecule has 3 aromatic rings. The minimum Gasteiger partial charge on any atom is -0.305 e. The molecule has 1 aromatic heterocycles. The van der Waals surface area contributed by atoms with Crippen molar-refractivity contribution in [3.05, 3.63) is 63.0 Å². The Morgan fingerprint density at radius 1 is 1.18 bits per heavy atom. The monoisotopic (exact) mass is 390 g/mol. The lowest BCUT2D eigenvalue weighted by Crippen LogP contribution is -2.17. The molecule has 2 aromatic carbocycles. The van der Waals surface area contributed by atoms with Gasteiger partial charge in [0, 0.05) is 0 Å². The Morgan fingerprint density at radius 2 is 1.86 bits per heavy atom. The summed E-state index contributed by atoms with van der Waals surface area (Å²) >= 11 is 1.53. The maximum Gasteiger partial charge on any atom is 0.252 e. The highest BCUT2D eigenvalue weighted by atomic mass is 32.1. The van der Waals surface area contributed by atoms with Crippen molar-refractivity contribution in [2.45, 2.75) is 53.5 Å². The van der Waals surface area contributed by atoms with E-state index in [9.17, 15) is 4.79 Å². The number of rotatable bonds is 4. The zero-order chi connectivity index (χ0) is 20.4. The lowest BCUT2D eigenvalue weighted by molar-refractivity contribution is -0.117. The quantitative estimate of drug-likeness (QED) is 0.574. The Bertz CT molecular complexity index is 1130. The van der Waals surface area contributed by atoms with E-state index in [0.29, 0.717) is 23.7 Å². The number of hydrogen-bond donors (Lipinski definition) is 0. The topological polar surface area (TPSA) is 34.4 Å². The fourth-order valence-electron chi connectivity index (χ4n) is 3.56. The second kappa shape index (κ2) is 8.16. The molecule has 3 nitrogen and oxygen atoms in total. The first-order chi connectivity index (χ1) is 13.3. The van der Waals surface area contributed by atoms with E-state index >= 15 is 0 Å². The summed E-state index contributed by atoms with van der Waals surface area (Å²) in [6.07, 6.45) is 5.88. The minimum absolute atomic E-state index is 0.142. The van der Waals surface area contributed by atoms with Gasteiger partial charge in [-0.2, -0.15) is 4.99 Å². The van der Waals surface area contributed by atoms with Gasteiger partial charge in [-0.1, -0.05) is 54.9 Å². The molecule has 0 N–H and O–H groups in total. The van der Waals surface area contributed by atoms with E-state index in [4.69, 9.17) is 6.42 Å². The van der Waals surface area contributed by atoms with E-state index in [-0.39, 0.29) is 5.91 Å². The molecule has 0 saturated carbocycles. The summed E-state index contributed by atoms with van der Waals surface area (Å²) in [7, 11) is 0. The lowest BCUT2D eigenvalue weighted by atomic mass is 9.97. The normalized spacial score (nSPS) is 12.0. The maximum absolute atomic E-state index is 12.8. The van der Waals surface area contributed by atoms with Crippen LogP contribution in [0.1, 0.15) is 47.6 Å². The number of nitrogens with zero attached hydrogens (tertiary/aromatic N) is 2. The maximum atomic E-state index is 12.8. The van der Waals surface area contributed by atoms with Crippen LogP contribution in [0.5, 0.6) is 0 Å². The number of fused-ring (bicyclic) bond motifs is 1. The van der Waals surface area contributed by atoms with Gasteiger partial charge in [-0.3, -0.25) is 4.79 Å². The summed E-state index contributed by atoms with van der Waals surface area (Å²) < 4.78 is 3.06. The number of carbonyl (C=O) groups excluding carboxylic acids is 1. The smallest absolute Gasteiger partial charge is 0.252 e. The molecule has 1 heterocycles. The minimum atomic E-state index is -0.142. The second-order valence-corrected chi connectivity index (χ2v) is 8.63. The van der Waals surface area contributed by atoms with Crippen LogP contribution in [0, 0.1) is 33.1 Å². The van der Waals surface area contributed by atoms with Crippen molar-refractivity contribution in [3.8, 4) is 12.3 Å². The van der Waals surface area contributed by atoms with Gasteiger partial charge in [0.15, 0.2) is 4.80 Å². The Labute approximate surface area is 170 Å². The van der Waals surface area contributed by atoms with E-state index in [1.165, 1.54) is 22.5 Å². The Morgan fingerprint density at radius 3 is 2.46 bits per heavy atom. The van der Waals surface area contributed by atoms with E-state index < -0.39 is 0 Å². The zero-order valence-corrected chi connectivity index (χ0v) is 18.0. The van der Waals surface area contributed by atoms with Crippen molar-refractivity contribution in [2.75, 3.05) is 0 Å². The molecule has 0 saturated heterocycles.